The molecule has 0 saturated heterocycles. The molecule has 0 spiro atoms. The van der Waals surface area contributed by atoms with Gasteiger partial charge in [0.15, 0.2) is 0 Å². The summed E-state index contributed by atoms with van der Waals surface area (Å²) >= 11 is 0. The number of hydrogen-bond acceptors (Lipinski definition) is 9. The van der Waals surface area contributed by atoms with Gasteiger partial charge < -0.3 is 40.0 Å². The van der Waals surface area contributed by atoms with Crippen LogP contribution in [0.3, 0.4) is 0 Å². The Morgan fingerprint density at radius 2 is 1.26 bits per heavy atom. The lowest BCUT2D eigenvalue weighted by Gasteiger charge is -2.23. The van der Waals surface area contributed by atoms with E-state index in [0.717, 1.165) is 99.8 Å². The summed E-state index contributed by atoms with van der Waals surface area (Å²) in [5, 5.41) is 20.0. The van der Waals surface area contributed by atoms with E-state index in [-0.39, 0.29) is 12.5 Å². The van der Waals surface area contributed by atoms with Crippen LogP contribution in [0.1, 0.15) is 103 Å². The average molecular weight is 643 g/mol. The number of aliphatic hydroxyl groups is 1. The molecule has 0 aliphatic carbocycles. The molecule has 12 heteroatoms. The van der Waals surface area contributed by atoms with Gasteiger partial charge in [0.1, 0.15) is 0 Å². The predicted octanol–water partition coefficient (Wildman–Crippen LogP) is 2.92. The van der Waals surface area contributed by atoms with Crippen LogP contribution < -0.4 is 16.6 Å². The number of carboxylic acid groups (broad SMARTS) is 1. The first kappa shape index (κ1) is 48.8. The van der Waals surface area contributed by atoms with Crippen LogP contribution in [0.15, 0.2) is 12.2 Å². The van der Waals surface area contributed by atoms with Crippen molar-refractivity contribution >= 4 is 16.4 Å². The van der Waals surface area contributed by atoms with Crippen molar-refractivity contribution in [2.24, 2.45) is 11.5 Å². The van der Waals surface area contributed by atoms with Crippen molar-refractivity contribution in [3.8, 4) is 0 Å². The number of nitrogens with zero attached hydrogens (tertiary/aromatic N) is 2. The molecule has 1 unspecified atom stereocenters. The maximum absolute atomic E-state index is 10.2. The Balaban J connectivity index is -0.000000282. The fourth-order valence-electron chi connectivity index (χ4n) is 3.49. The Bertz CT molecular complexity index is 705. The smallest absolute Gasteiger partial charge is 0.217 e. The largest absolute Gasteiger partial charge is 0.726 e. The molecule has 11 nitrogen and oxygen atoms in total. The van der Waals surface area contributed by atoms with Crippen LogP contribution in [-0.2, 0) is 19.4 Å². The summed E-state index contributed by atoms with van der Waals surface area (Å²) in [7, 11) is 9.45. The molecule has 0 aliphatic heterocycles. The first-order valence-corrected chi connectivity index (χ1v) is 17.2. The van der Waals surface area contributed by atoms with Gasteiger partial charge in [-0.3, -0.25) is 4.18 Å². The molecule has 1 atom stereocenters. The van der Waals surface area contributed by atoms with Gasteiger partial charge in [-0.05, 0) is 51.6 Å². The van der Waals surface area contributed by atoms with Gasteiger partial charge in [-0.15, -0.1) is 0 Å². The molecule has 0 aromatic rings. The van der Waals surface area contributed by atoms with Crippen LogP contribution >= 0.6 is 0 Å². The summed E-state index contributed by atoms with van der Waals surface area (Å²) in [6.45, 7) is 6.18. The zero-order valence-corrected chi connectivity index (χ0v) is 29.8. The van der Waals surface area contributed by atoms with E-state index in [2.05, 4.69) is 65.5 Å². The van der Waals surface area contributed by atoms with Crippen molar-refractivity contribution in [2.45, 2.75) is 109 Å². The second kappa shape index (κ2) is 32.3. The highest BCUT2D eigenvalue weighted by molar-refractivity contribution is 7.80. The lowest BCUT2D eigenvalue weighted by Crippen LogP contribution is -2.36. The number of quaternary nitrogens is 2. The van der Waals surface area contributed by atoms with E-state index < -0.39 is 16.4 Å². The van der Waals surface area contributed by atoms with Crippen LogP contribution in [0.25, 0.3) is 0 Å². The van der Waals surface area contributed by atoms with Gasteiger partial charge in [0.05, 0.1) is 68.6 Å². The van der Waals surface area contributed by atoms with Gasteiger partial charge in [0.2, 0.25) is 10.4 Å². The monoisotopic (exact) mass is 642 g/mol. The second-order valence-corrected chi connectivity index (χ2v) is 13.9. The van der Waals surface area contributed by atoms with E-state index in [4.69, 9.17) is 11.5 Å². The number of rotatable bonds is 22. The molecule has 0 bridgehead atoms. The molecule has 0 aromatic heterocycles. The van der Waals surface area contributed by atoms with E-state index in [1.807, 2.05) is 0 Å². The van der Waals surface area contributed by atoms with Crippen molar-refractivity contribution in [1.82, 2.24) is 0 Å². The van der Waals surface area contributed by atoms with Crippen LogP contribution in [-0.4, -0.2) is 115 Å². The third-order valence-electron chi connectivity index (χ3n) is 5.99. The first-order chi connectivity index (χ1) is 19.8. The van der Waals surface area contributed by atoms with Crippen LogP contribution in [0.5, 0.6) is 0 Å². The summed E-state index contributed by atoms with van der Waals surface area (Å²) < 4.78 is 33.1. The number of aliphatic hydroxyl groups excluding tert-OH is 1. The molecule has 0 rings (SSSR count). The zero-order valence-electron chi connectivity index (χ0n) is 29.0. The molecular formula is C31H70N4O7S. The highest BCUT2D eigenvalue weighted by Gasteiger charge is 2.04. The minimum atomic E-state index is -4.41. The maximum Gasteiger partial charge on any atom is 0.217 e. The van der Waals surface area contributed by atoms with E-state index in [0.29, 0.717) is 0 Å². The van der Waals surface area contributed by atoms with Crippen molar-refractivity contribution in [3.05, 3.63) is 12.2 Å². The number of hydrogen-bond donors (Lipinski definition) is 3. The second-order valence-electron chi connectivity index (χ2n) is 12.8. The molecule has 0 aliphatic rings. The van der Waals surface area contributed by atoms with E-state index in [1.54, 1.807) is 0 Å². The summed E-state index contributed by atoms with van der Waals surface area (Å²) in [5.41, 5.74) is 10.7. The molecule has 0 saturated carbocycles. The van der Waals surface area contributed by atoms with Crippen molar-refractivity contribution in [1.29, 1.82) is 0 Å². The molecule has 0 radical (unpaired) electrons. The van der Waals surface area contributed by atoms with Gasteiger partial charge >= 0.3 is 0 Å². The number of nitrogens with two attached hydrogens (primary N) is 2. The number of unbranched alkanes of at least 4 members (excludes halogenated alkanes) is 8. The molecule has 0 aromatic carbocycles. The number of carbonyl (C=O) groups is 1. The van der Waals surface area contributed by atoms with Crippen LogP contribution in [0.2, 0.25) is 0 Å². The number of allylic oxidation sites excluding steroid dienone is 1. The summed E-state index contributed by atoms with van der Waals surface area (Å²) in [4.78, 5) is 10.2. The normalized spacial score (nSPS) is 12.4. The third-order valence-corrected chi connectivity index (χ3v) is 6.40. The van der Waals surface area contributed by atoms with Gasteiger partial charge in [-0.2, -0.15) is 0 Å². The molecular weight excluding hydrogens is 572 g/mol. The standard InChI is InChI=1S/C18H34O3.2C6H17N2.CH4O4S/c1-2-3-4-11-14-17(19)15-12-9-7-5-6-8-10-13-16-18(20)21;2*1-8(2,3)6-4-5-7;1-5-6(2,3)4/h9,12,17,19H,2-8,10-11,13-16H2,1H3,(H,20,21);2*4-7H2,1-3H3;1H3,(H,2,3,4)/q;2*+1;/p-2/b12-9-;;;. The maximum atomic E-state index is 10.2. The fraction of sp³-hybridized carbons (Fsp3) is 0.903. The third kappa shape index (κ3) is 64.8. The minimum absolute atomic E-state index is 0.178. The average Bonchev–Trinajstić information content (AvgIpc) is 2.89. The van der Waals surface area contributed by atoms with Crippen LogP contribution in [0, 0.1) is 0 Å². The van der Waals surface area contributed by atoms with Gasteiger partial charge in [-0.1, -0.05) is 64.0 Å². The Hall–Kier alpha value is -1.12. The van der Waals surface area contributed by atoms with Gasteiger partial charge in [0.25, 0.3) is 0 Å². The predicted molar refractivity (Wildman–Crippen MR) is 176 cm³/mol. The van der Waals surface area contributed by atoms with E-state index in [9.17, 15) is 28.0 Å². The molecule has 0 heterocycles. The Morgan fingerprint density at radius 3 is 1.63 bits per heavy atom. The SMILES string of the molecule is CCCCCCC(O)C/C=C\CCCCCCCC(=O)[O-].COS(=O)(=O)[O-].C[N+](C)(C)CCCN.C[N+](C)(C)CCCN. The molecule has 0 amide bonds. The number of carboxylic acids is 1. The Labute approximate surface area is 265 Å². The molecule has 43 heavy (non-hydrogen) atoms. The van der Waals surface area contributed by atoms with E-state index >= 15 is 0 Å². The Kier molecular flexibility index (Phi) is 36.6. The zero-order chi connectivity index (χ0) is 34.2. The molecule has 5 N–H and O–H groups in total. The van der Waals surface area contributed by atoms with Gasteiger partial charge in [0, 0.05) is 18.8 Å². The number of aliphatic carboxylic acids is 1. The first-order valence-electron chi connectivity index (χ1n) is 15.9. The number of carbonyl (C=O) groups excluding carboxylic acids is 1. The minimum Gasteiger partial charge on any atom is -0.726 e. The highest BCUT2D eigenvalue weighted by Crippen LogP contribution is 2.10. The fourth-order valence-corrected chi connectivity index (χ4v) is 3.49. The van der Waals surface area contributed by atoms with Crippen molar-refractivity contribution in [2.75, 3.05) is 75.6 Å². The quantitative estimate of drug-likeness (QED) is 0.0526. The summed E-state index contributed by atoms with van der Waals surface area (Å²) in [6.07, 6.45) is 19.3. The lowest BCUT2D eigenvalue weighted by molar-refractivity contribution is -0.870. The highest BCUT2D eigenvalue weighted by atomic mass is 32.3. The Morgan fingerprint density at radius 1 is 0.814 bits per heavy atom. The molecule has 0 fully saturated rings. The lowest BCUT2D eigenvalue weighted by atomic mass is 10.1. The van der Waals surface area contributed by atoms with Crippen molar-refractivity contribution < 1.29 is 41.1 Å². The topological polar surface area (TPSA) is 179 Å². The summed E-state index contributed by atoms with van der Waals surface area (Å²) in [5.74, 6) is -0.939. The molecule has 262 valence electrons. The van der Waals surface area contributed by atoms with Gasteiger partial charge in [-0.25, -0.2) is 8.42 Å². The van der Waals surface area contributed by atoms with Crippen molar-refractivity contribution in [3.63, 3.8) is 0 Å². The van der Waals surface area contributed by atoms with E-state index in [1.165, 1.54) is 32.4 Å². The van der Waals surface area contributed by atoms with Crippen LogP contribution in [0.4, 0.5) is 0 Å². The summed E-state index contributed by atoms with van der Waals surface area (Å²) in [6, 6.07) is 0.